The van der Waals surface area contributed by atoms with Gasteiger partial charge >= 0.3 is 0 Å². The van der Waals surface area contributed by atoms with Gasteiger partial charge in [0.1, 0.15) is 22.8 Å². The van der Waals surface area contributed by atoms with Gasteiger partial charge in [-0.25, -0.2) is 14.6 Å². The first-order valence-corrected chi connectivity index (χ1v) is 17.2. The van der Waals surface area contributed by atoms with Gasteiger partial charge in [0.15, 0.2) is 0 Å². The molecule has 0 saturated carbocycles. The number of hydrogen-bond acceptors (Lipinski definition) is 5. The lowest BCUT2D eigenvalue weighted by Gasteiger charge is -2.14. The largest absolute Gasteiger partial charge is 0.456 e. The normalized spacial score (nSPS) is 12.0. The highest BCUT2D eigenvalue weighted by molar-refractivity contribution is 7.26. The highest BCUT2D eigenvalue weighted by atomic mass is 32.1. The predicted molar refractivity (Wildman–Crippen MR) is 202 cm³/mol. The summed E-state index contributed by atoms with van der Waals surface area (Å²) in [6.45, 7) is 6.44. The molecule has 0 aliphatic carbocycles. The Hall–Kier alpha value is -6.05. The number of aromatic nitrogens is 5. The van der Waals surface area contributed by atoms with Crippen LogP contribution < -0.4 is 4.74 Å². The zero-order chi connectivity index (χ0) is 32.8. The Kier molecular flexibility index (Phi) is 5.99. The zero-order valence-electron chi connectivity index (χ0n) is 27.1. The summed E-state index contributed by atoms with van der Waals surface area (Å²) >= 11 is 1.76. The molecule has 0 unspecified atom stereocenters. The van der Waals surface area contributed by atoms with Crippen molar-refractivity contribution in [3.8, 4) is 28.4 Å². The van der Waals surface area contributed by atoms with Gasteiger partial charge in [-0.15, -0.1) is 11.3 Å². The van der Waals surface area contributed by atoms with E-state index in [0.717, 1.165) is 71.5 Å². The molecule has 0 fully saturated rings. The summed E-state index contributed by atoms with van der Waals surface area (Å²) in [6.07, 6.45) is 3.88. The third-order valence-corrected chi connectivity index (χ3v) is 10.7. The van der Waals surface area contributed by atoms with E-state index in [1.165, 1.54) is 32.3 Å². The third kappa shape index (κ3) is 4.22. The maximum atomic E-state index is 6.89. The second-order valence-corrected chi connectivity index (χ2v) is 13.8. The van der Waals surface area contributed by atoms with Crippen LogP contribution in [-0.4, -0.2) is 24.1 Å². The number of thiophene rings is 1. The summed E-state index contributed by atoms with van der Waals surface area (Å²) in [7, 11) is 0. The molecule has 5 aromatic heterocycles. The number of fused-ring (bicyclic) bond motifs is 12. The van der Waals surface area contributed by atoms with Crippen molar-refractivity contribution in [2.75, 3.05) is 0 Å². The van der Waals surface area contributed by atoms with E-state index in [4.69, 9.17) is 19.8 Å². The van der Waals surface area contributed by atoms with Gasteiger partial charge in [0.2, 0.25) is 0 Å². The summed E-state index contributed by atoms with van der Waals surface area (Å²) in [5.74, 6) is 1.53. The van der Waals surface area contributed by atoms with Crippen LogP contribution in [0.25, 0.3) is 75.6 Å². The second-order valence-electron chi connectivity index (χ2n) is 12.8. The van der Waals surface area contributed by atoms with Gasteiger partial charge in [-0.2, -0.15) is 5.10 Å². The standard InChI is InChI=1S/C42H29N5OS/c1-24-20-25(2)37(26(3)21-24)33-17-19-46(45-33)27-10-8-11-28(22-27)48-35-23-31-38(39-29-12-4-7-16-36(29)49-40(35)39)30-13-9-18-43-41(30)47-34-15-6-5-14-32(34)44-42(31)47/h4-23H,1-3H3. The lowest BCUT2D eigenvalue weighted by atomic mass is 9.98. The predicted octanol–water partition coefficient (Wildman–Crippen LogP) is 11.1. The average molecular weight is 652 g/mol. The Bertz CT molecular complexity index is 2940. The number of aryl methyl sites for hydroxylation is 3. The molecule has 0 atom stereocenters. The van der Waals surface area contributed by atoms with Gasteiger partial charge in [0, 0.05) is 55.7 Å². The Morgan fingerprint density at radius 1 is 0.694 bits per heavy atom. The van der Waals surface area contributed by atoms with Crippen molar-refractivity contribution in [3.63, 3.8) is 0 Å². The SMILES string of the molecule is Cc1cc(C)c(-c2ccn(-c3cccc(Oc4cc5c(c6cccnc6n6c7ccccc7nc56)c5c4sc4ccccc45)c3)n2)c(C)c1. The molecular weight excluding hydrogens is 623 g/mol. The first-order valence-electron chi connectivity index (χ1n) is 16.4. The van der Waals surface area contributed by atoms with Crippen molar-refractivity contribution in [1.29, 1.82) is 0 Å². The molecule has 10 rings (SSSR count). The fourth-order valence-corrected chi connectivity index (χ4v) is 8.76. The molecular formula is C42H29N5OS. The Morgan fingerprint density at radius 3 is 2.41 bits per heavy atom. The van der Waals surface area contributed by atoms with E-state index in [2.05, 4.69) is 110 Å². The van der Waals surface area contributed by atoms with E-state index < -0.39 is 0 Å². The molecule has 0 bridgehead atoms. The van der Waals surface area contributed by atoms with Crippen molar-refractivity contribution in [1.82, 2.24) is 24.1 Å². The lowest BCUT2D eigenvalue weighted by molar-refractivity contribution is 0.489. The monoisotopic (exact) mass is 651 g/mol. The van der Waals surface area contributed by atoms with Crippen LogP contribution in [0.1, 0.15) is 16.7 Å². The molecule has 0 radical (unpaired) electrons. The van der Waals surface area contributed by atoms with Crippen molar-refractivity contribution >= 4 is 70.0 Å². The zero-order valence-corrected chi connectivity index (χ0v) is 27.9. The summed E-state index contributed by atoms with van der Waals surface area (Å²) < 4.78 is 13.3. The lowest BCUT2D eigenvalue weighted by Crippen LogP contribution is -1.97. The van der Waals surface area contributed by atoms with Crippen LogP contribution >= 0.6 is 11.3 Å². The number of hydrogen-bond donors (Lipinski definition) is 0. The first-order chi connectivity index (χ1) is 24.0. The fraction of sp³-hybridized carbons (Fsp3) is 0.0714. The molecule has 10 aromatic rings. The number of nitrogens with zero attached hydrogens (tertiary/aromatic N) is 5. The minimum atomic E-state index is 0.738. The Morgan fingerprint density at radius 2 is 1.51 bits per heavy atom. The minimum Gasteiger partial charge on any atom is -0.456 e. The number of ether oxygens (including phenoxy) is 1. The van der Waals surface area contributed by atoms with E-state index >= 15 is 0 Å². The Balaban J connectivity index is 1.18. The number of para-hydroxylation sites is 2. The summed E-state index contributed by atoms with van der Waals surface area (Å²) in [5, 5.41) is 10.6. The van der Waals surface area contributed by atoms with Crippen molar-refractivity contribution in [2.24, 2.45) is 0 Å². The van der Waals surface area contributed by atoms with E-state index in [-0.39, 0.29) is 0 Å². The molecule has 7 heteroatoms. The van der Waals surface area contributed by atoms with Gasteiger partial charge in [0.05, 0.1) is 27.1 Å². The van der Waals surface area contributed by atoms with Gasteiger partial charge < -0.3 is 4.74 Å². The van der Waals surface area contributed by atoms with Crippen LogP contribution in [0.4, 0.5) is 0 Å². The van der Waals surface area contributed by atoms with Gasteiger partial charge in [-0.3, -0.25) is 4.40 Å². The third-order valence-electron chi connectivity index (χ3n) is 9.52. The molecule has 0 N–H and O–H groups in total. The molecule has 234 valence electrons. The highest BCUT2D eigenvalue weighted by Gasteiger charge is 2.22. The maximum Gasteiger partial charge on any atom is 0.147 e. The van der Waals surface area contributed by atoms with Gasteiger partial charge in [-0.05, 0) is 86.5 Å². The molecule has 6 nitrogen and oxygen atoms in total. The Labute approximate surface area is 285 Å². The molecule has 5 aromatic carbocycles. The van der Waals surface area contributed by atoms with E-state index in [1.807, 2.05) is 41.3 Å². The molecule has 0 spiro atoms. The fourth-order valence-electron chi connectivity index (χ4n) is 7.60. The molecule has 0 aliphatic heterocycles. The topological polar surface area (TPSA) is 57.2 Å². The second kappa shape index (κ2) is 10.5. The molecule has 0 aliphatic rings. The number of imidazole rings is 1. The van der Waals surface area contributed by atoms with E-state index in [1.54, 1.807) is 11.3 Å². The van der Waals surface area contributed by atoms with Crippen molar-refractivity contribution in [2.45, 2.75) is 20.8 Å². The molecule has 0 saturated heterocycles. The number of benzene rings is 5. The quantitative estimate of drug-likeness (QED) is 0.178. The van der Waals surface area contributed by atoms with Crippen molar-refractivity contribution < 1.29 is 4.74 Å². The molecule has 0 amide bonds. The van der Waals surface area contributed by atoms with Crippen molar-refractivity contribution in [3.05, 3.63) is 138 Å². The smallest absolute Gasteiger partial charge is 0.147 e. The van der Waals surface area contributed by atoms with Gasteiger partial charge in [0.25, 0.3) is 0 Å². The van der Waals surface area contributed by atoms with Gasteiger partial charge in [-0.1, -0.05) is 54.1 Å². The number of rotatable bonds is 4. The minimum absolute atomic E-state index is 0.738. The molecule has 5 heterocycles. The highest BCUT2D eigenvalue weighted by Crippen LogP contribution is 2.48. The first kappa shape index (κ1) is 28.0. The van der Waals surface area contributed by atoms with Crippen LogP contribution in [0.3, 0.4) is 0 Å². The van der Waals surface area contributed by atoms with Crippen LogP contribution in [0.5, 0.6) is 11.5 Å². The average Bonchev–Trinajstić information content (AvgIpc) is 3.84. The summed E-state index contributed by atoms with van der Waals surface area (Å²) in [5.41, 5.74) is 10.5. The van der Waals surface area contributed by atoms with Crippen LogP contribution in [0.15, 0.2) is 122 Å². The van der Waals surface area contributed by atoms with E-state index in [0.29, 0.717) is 0 Å². The summed E-state index contributed by atoms with van der Waals surface area (Å²) in [4.78, 5) is 10.1. The van der Waals surface area contributed by atoms with Crippen LogP contribution in [0, 0.1) is 20.8 Å². The van der Waals surface area contributed by atoms with Crippen LogP contribution in [0.2, 0.25) is 0 Å². The molecule has 49 heavy (non-hydrogen) atoms. The summed E-state index contributed by atoms with van der Waals surface area (Å²) in [6, 6.07) is 37.9. The van der Waals surface area contributed by atoms with Crippen LogP contribution in [-0.2, 0) is 0 Å². The maximum absolute atomic E-state index is 6.89. The number of pyridine rings is 2. The van der Waals surface area contributed by atoms with E-state index in [9.17, 15) is 0 Å².